The number of hydrogen-bond acceptors (Lipinski definition) is 7. The van der Waals surface area contributed by atoms with Gasteiger partial charge in [-0.1, -0.05) is 6.07 Å². The van der Waals surface area contributed by atoms with Crippen LogP contribution < -0.4 is 14.8 Å². The molecule has 0 bridgehead atoms. The van der Waals surface area contributed by atoms with E-state index in [9.17, 15) is 4.79 Å². The largest absolute Gasteiger partial charge is 0.497 e. The second-order valence-corrected chi connectivity index (χ2v) is 7.77. The first-order valence-corrected chi connectivity index (χ1v) is 10.6. The first kappa shape index (κ1) is 21.5. The van der Waals surface area contributed by atoms with Crippen molar-refractivity contribution in [2.45, 2.75) is 25.7 Å². The second kappa shape index (κ2) is 9.64. The molecular weight excluding hydrogens is 406 g/mol. The normalized spacial score (nSPS) is 15.8. The number of rotatable bonds is 6. The van der Waals surface area contributed by atoms with E-state index in [4.69, 9.17) is 19.4 Å². The predicted octanol–water partition coefficient (Wildman–Crippen LogP) is 4.03. The van der Waals surface area contributed by atoms with Crippen LogP contribution in [-0.2, 0) is 4.79 Å². The van der Waals surface area contributed by atoms with E-state index in [1.54, 1.807) is 33.5 Å². The molecule has 1 fully saturated rings. The summed E-state index contributed by atoms with van der Waals surface area (Å²) < 4.78 is 10.7. The number of nitrogens with one attached hydrogen (secondary N) is 1. The van der Waals surface area contributed by atoms with Gasteiger partial charge >= 0.3 is 0 Å². The van der Waals surface area contributed by atoms with E-state index in [1.807, 2.05) is 41.3 Å². The number of likely N-dealkylation sites (tertiary alicyclic amines) is 1. The maximum Gasteiger partial charge on any atom is 0.219 e. The molecule has 0 saturated carbocycles. The van der Waals surface area contributed by atoms with E-state index in [-0.39, 0.29) is 11.8 Å². The Morgan fingerprint density at radius 3 is 2.72 bits per heavy atom. The van der Waals surface area contributed by atoms with Crippen LogP contribution in [0, 0.1) is 0 Å². The highest BCUT2D eigenvalue weighted by molar-refractivity contribution is 5.73. The molecule has 3 heterocycles. The smallest absolute Gasteiger partial charge is 0.219 e. The standard InChI is InChI=1S/C24H27N5O3/c1-16(30)29-9-5-6-17(15-29)24-27-22(18-10-21(32-3)14-25-13-18)12-23(28-24)26-19-7-4-8-20(11-19)31-2/h4,7-8,10-14,17H,5-6,9,15H2,1-3H3,(H,26,27,28). The Hall–Kier alpha value is -3.68. The number of carbonyl (C=O) groups excluding carboxylic acids is 1. The van der Waals surface area contributed by atoms with E-state index in [2.05, 4.69) is 10.3 Å². The van der Waals surface area contributed by atoms with Gasteiger partial charge in [-0.3, -0.25) is 9.78 Å². The number of aromatic nitrogens is 3. The molecule has 1 N–H and O–H groups in total. The Labute approximate surface area is 187 Å². The molecule has 1 aliphatic rings. The number of pyridine rings is 1. The van der Waals surface area contributed by atoms with Gasteiger partial charge in [-0.2, -0.15) is 0 Å². The summed E-state index contributed by atoms with van der Waals surface area (Å²) in [5.41, 5.74) is 2.44. The van der Waals surface area contributed by atoms with E-state index in [0.717, 1.165) is 42.1 Å². The SMILES string of the molecule is COc1cccc(Nc2cc(-c3cncc(OC)c3)nc(C3CCCN(C(C)=O)C3)n2)c1. The molecule has 0 spiro atoms. The molecule has 1 saturated heterocycles. The number of carbonyl (C=O) groups is 1. The fourth-order valence-electron chi connectivity index (χ4n) is 3.85. The van der Waals surface area contributed by atoms with Gasteiger partial charge in [0, 0.05) is 55.5 Å². The van der Waals surface area contributed by atoms with Crippen LogP contribution in [0.25, 0.3) is 11.3 Å². The minimum absolute atomic E-state index is 0.0667. The third-order valence-electron chi connectivity index (χ3n) is 5.56. The molecule has 1 amide bonds. The van der Waals surface area contributed by atoms with Gasteiger partial charge in [-0.25, -0.2) is 9.97 Å². The van der Waals surface area contributed by atoms with Crippen LogP contribution in [0.15, 0.2) is 48.8 Å². The summed E-state index contributed by atoms with van der Waals surface area (Å²) in [5.74, 6) is 2.94. The van der Waals surface area contributed by atoms with E-state index in [1.165, 1.54) is 0 Å². The van der Waals surface area contributed by atoms with Crippen LogP contribution in [0.1, 0.15) is 31.5 Å². The van der Waals surface area contributed by atoms with Crippen LogP contribution in [0.5, 0.6) is 11.5 Å². The fraction of sp³-hybridized carbons (Fsp3) is 0.333. The summed E-state index contributed by atoms with van der Waals surface area (Å²) in [5, 5.41) is 3.37. The zero-order valence-electron chi connectivity index (χ0n) is 18.5. The van der Waals surface area contributed by atoms with Crippen molar-refractivity contribution < 1.29 is 14.3 Å². The second-order valence-electron chi connectivity index (χ2n) is 7.77. The van der Waals surface area contributed by atoms with Crippen molar-refractivity contribution in [3.63, 3.8) is 0 Å². The van der Waals surface area contributed by atoms with E-state index in [0.29, 0.717) is 23.9 Å². The van der Waals surface area contributed by atoms with E-state index < -0.39 is 0 Å². The molecule has 8 nitrogen and oxygen atoms in total. The molecule has 4 rings (SSSR count). The van der Waals surface area contributed by atoms with Gasteiger partial charge in [0.15, 0.2) is 0 Å². The quantitative estimate of drug-likeness (QED) is 0.628. The summed E-state index contributed by atoms with van der Waals surface area (Å²) in [6.45, 7) is 3.01. The molecule has 0 aliphatic carbocycles. The molecule has 8 heteroatoms. The van der Waals surface area contributed by atoms with Crippen LogP contribution >= 0.6 is 0 Å². The van der Waals surface area contributed by atoms with Gasteiger partial charge in [-0.05, 0) is 31.0 Å². The lowest BCUT2D eigenvalue weighted by molar-refractivity contribution is -0.130. The van der Waals surface area contributed by atoms with Crippen molar-refractivity contribution in [1.29, 1.82) is 0 Å². The van der Waals surface area contributed by atoms with Gasteiger partial charge in [0.05, 0.1) is 26.1 Å². The average molecular weight is 434 g/mol. The molecular formula is C24H27N5O3. The fourth-order valence-corrected chi connectivity index (χ4v) is 3.85. The van der Waals surface area contributed by atoms with Crippen molar-refractivity contribution in [3.05, 3.63) is 54.6 Å². The lowest BCUT2D eigenvalue weighted by Crippen LogP contribution is -2.38. The van der Waals surface area contributed by atoms with E-state index >= 15 is 0 Å². The maximum absolute atomic E-state index is 11.9. The number of anilines is 2. The summed E-state index contributed by atoms with van der Waals surface area (Å²) in [6.07, 6.45) is 5.28. The Balaban J connectivity index is 1.73. The lowest BCUT2D eigenvalue weighted by atomic mass is 9.97. The van der Waals surface area contributed by atoms with Crippen LogP contribution in [0.3, 0.4) is 0 Å². The van der Waals surface area contributed by atoms with Crippen LogP contribution in [-0.4, -0.2) is 53.1 Å². The van der Waals surface area contributed by atoms with Crippen LogP contribution in [0.4, 0.5) is 11.5 Å². The Morgan fingerprint density at radius 1 is 1.09 bits per heavy atom. The van der Waals surface area contributed by atoms with Crippen LogP contribution in [0.2, 0.25) is 0 Å². The van der Waals surface area contributed by atoms with Crippen molar-refractivity contribution >= 4 is 17.4 Å². The predicted molar refractivity (Wildman–Crippen MR) is 122 cm³/mol. The highest BCUT2D eigenvalue weighted by Gasteiger charge is 2.26. The number of nitrogens with zero attached hydrogens (tertiary/aromatic N) is 4. The molecule has 0 radical (unpaired) electrons. The van der Waals surface area contributed by atoms with Gasteiger partial charge in [0.25, 0.3) is 0 Å². The summed E-state index contributed by atoms with van der Waals surface area (Å²) in [4.78, 5) is 27.8. The molecule has 3 aromatic rings. The number of hydrogen-bond donors (Lipinski definition) is 1. The highest BCUT2D eigenvalue weighted by Crippen LogP contribution is 2.30. The van der Waals surface area contributed by atoms with Crippen molar-refractivity contribution in [3.8, 4) is 22.8 Å². The number of methoxy groups -OCH3 is 2. The minimum atomic E-state index is 0.0667. The first-order valence-electron chi connectivity index (χ1n) is 10.6. The number of amides is 1. The van der Waals surface area contributed by atoms with Gasteiger partial charge < -0.3 is 19.7 Å². The Morgan fingerprint density at radius 2 is 1.94 bits per heavy atom. The Kier molecular flexibility index (Phi) is 6.49. The van der Waals surface area contributed by atoms with Gasteiger partial charge in [0.1, 0.15) is 23.1 Å². The Bertz CT molecular complexity index is 1100. The van der Waals surface area contributed by atoms with Crippen molar-refractivity contribution in [1.82, 2.24) is 19.9 Å². The zero-order chi connectivity index (χ0) is 22.5. The number of piperidine rings is 1. The summed E-state index contributed by atoms with van der Waals surface area (Å²) in [7, 11) is 3.25. The monoisotopic (exact) mass is 433 g/mol. The minimum Gasteiger partial charge on any atom is -0.497 e. The average Bonchev–Trinajstić information content (AvgIpc) is 2.84. The first-order chi connectivity index (χ1) is 15.6. The lowest BCUT2D eigenvalue weighted by Gasteiger charge is -2.31. The molecule has 1 atom stereocenters. The third kappa shape index (κ3) is 4.96. The van der Waals surface area contributed by atoms with Gasteiger partial charge in [0.2, 0.25) is 5.91 Å². The molecule has 1 aromatic carbocycles. The number of benzene rings is 1. The number of ether oxygens (including phenoxy) is 2. The van der Waals surface area contributed by atoms with Crippen molar-refractivity contribution in [2.24, 2.45) is 0 Å². The van der Waals surface area contributed by atoms with Gasteiger partial charge in [-0.15, -0.1) is 0 Å². The summed E-state index contributed by atoms with van der Waals surface area (Å²) >= 11 is 0. The molecule has 1 unspecified atom stereocenters. The molecule has 2 aromatic heterocycles. The molecule has 32 heavy (non-hydrogen) atoms. The topological polar surface area (TPSA) is 89.5 Å². The highest BCUT2D eigenvalue weighted by atomic mass is 16.5. The van der Waals surface area contributed by atoms with Crippen molar-refractivity contribution in [2.75, 3.05) is 32.6 Å². The summed E-state index contributed by atoms with van der Waals surface area (Å²) in [6, 6.07) is 11.5. The molecule has 1 aliphatic heterocycles. The molecule has 166 valence electrons. The third-order valence-corrected chi connectivity index (χ3v) is 5.56. The zero-order valence-corrected chi connectivity index (χ0v) is 18.5. The maximum atomic E-state index is 11.9.